The Morgan fingerprint density at radius 1 is 1.21 bits per heavy atom. The van der Waals surface area contributed by atoms with Gasteiger partial charge in [-0.2, -0.15) is 0 Å². The first-order valence-corrected chi connectivity index (χ1v) is 6.48. The van der Waals surface area contributed by atoms with Crippen molar-refractivity contribution in [2.75, 3.05) is 0 Å². The lowest BCUT2D eigenvalue weighted by Crippen LogP contribution is -1.95. The fourth-order valence-corrected chi connectivity index (χ4v) is 2.57. The zero-order chi connectivity index (χ0) is 13.4. The first-order valence-electron chi connectivity index (χ1n) is 5.70. The van der Waals surface area contributed by atoms with Crippen LogP contribution in [0, 0.1) is 4.84 Å². The smallest absolute Gasteiger partial charge is 0.271 e. The fourth-order valence-electron chi connectivity index (χ4n) is 2.06. The van der Waals surface area contributed by atoms with Gasteiger partial charge in [0.15, 0.2) is 5.58 Å². The second-order valence-corrected chi connectivity index (χ2v) is 4.86. The number of aliphatic hydroxyl groups is 1. The molecule has 0 atom stereocenters. The predicted octanol–water partition coefficient (Wildman–Crippen LogP) is 4.23. The molecule has 0 saturated carbocycles. The van der Waals surface area contributed by atoms with Crippen LogP contribution in [-0.2, 0) is 6.73 Å². The normalized spacial score (nSPS) is 11.1. The van der Waals surface area contributed by atoms with Gasteiger partial charge in [-0.25, -0.2) is 0 Å². The van der Waals surface area contributed by atoms with Gasteiger partial charge < -0.3 is 9.52 Å². The molecule has 0 amide bonds. The van der Waals surface area contributed by atoms with Crippen LogP contribution in [0.4, 0.5) is 0 Å². The lowest BCUT2D eigenvalue weighted by atomic mass is 10.1. The van der Waals surface area contributed by atoms with Crippen LogP contribution in [-0.4, -0.2) is 9.67 Å². The van der Waals surface area contributed by atoms with Crippen molar-refractivity contribution in [2.24, 2.45) is 0 Å². The van der Waals surface area contributed by atoms with E-state index in [4.69, 9.17) is 28.2 Å². The molecule has 3 rings (SSSR count). The number of aliphatic hydroxyl groups excluding tert-OH is 1. The van der Waals surface area contributed by atoms with Gasteiger partial charge in [-0.3, -0.25) is 4.57 Å². The van der Waals surface area contributed by atoms with E-state index in [2.05, 4.69) is 0 Å². The van der Waals surface area contributed by atoms with Crippen LogP contribution in [0.15, 0.2) is 46.9 Å². The van der Waals surface area contributed by atoms with Gasteiger partial charge in [-0.1, -0.05) is 41.9 Å². The van der Waals surface area contributed by atoms with Crippen molar-refractivity contribution in [3.63, 3.8) is 0 Å². The molecule has 5 heteroatoms. The number of aromatic nitrogens is 1. The number of benzene rings is 2. The maximum absolute atomic E-state index is 9.28. The van der Waals surface area contributed by atoms with E-state index in [0.29, 0.717) is 16.1 Å². The van der Waals surface area contributed by atoms with Crippen molar-refractivity contribution < 1.29 is 9.52 Å². The maximum atomic E-state index is 9.28. The van der Waals surface area contributed by atoms with E-state index >= 15 is 0 Å². The zero-order valence-corrected chi connectivity index (χ0v) is 11.4. The lowest BCUT2D eigenvalue weighted by Gasteiger charge is -2.05. The molecule has 0 fully saturated rings. The topological polar surface area (TPSA) is 38.3 Å². The second-order valence-electron chi connectivity index (χ2n) is 4.10. The highest BCUT2D eigenvalue weighted by atomic mass is 35.5. The third-order valence-corrected chi connectivity index (χ3v) is 3.60. The summed E-state index contributed by atoms with van der Waals surface area (Å²) in [6, 6.07) is 13.4. The Morgan fingerprint density at radius 2 is 1.95 bits per heavy atom. The summed E-state index contributed by atoms with van der Waals surface area (Å²) in [5.74, 6) is 0. The highest BCUT2D eigenvalue weighted by Crippen LogP contribution is 2.32. The highest BCUT2D eigenvalue weighted by Gasteiger charge is 2.11. The largest absolute Gasteiger partial charge is 0.429 e. The Bertz CT molecular complexity index is 792. The Hall–Kier alpha value is -1.62. The van der Waals surface area contributed by atoms with Crippen LogP contribution in [0.2, 0.25) is 5.02 Å². The van der Waals surface area contributed by atoms with Crippen LogP contribution >= 0.6 is 23.8 Å². The number of hydrogen-bond acceptors (Lipinski definition) is 3. The molecule has 0 unspecified atom stereocenters. The van der Waals surface area contributed by atoms with Gasteiger partial charge in [-0.15, -0.1) is 0 Å². The molecular formula is C14H10ClNO2S. The molecule has 3 nitrogen and oxygen atoms in total. The highest BCUT2D eigenvalue weighted by molar-refractivity contribution is 7.71. The SMILES string of the molecule is OCn1c(=S)oc2cc(-c3ccccc3)c(Cl)cc21. The Balaban J connectivity index is 2.29. The number of nitrogens with zero attached hydrogens (tertiary/aromatic N) is 1. The molecule has 0 aliphatic carbocycles. The van der Waals surface area contributed by atoms with Crippen LogP contribution in [0.25, 0.3) is 22.2 Å². The summed E-state index contributed by atoms with van der Waals surface area (Å²) in [6.45, 7) is -0.229. The van der Waals surface area contributed by atoms with Crippen molar-refractivity contribution in [3.05, 3.63) is 52.3 Å². The number of halogens is 1. The second kappa shape index (κ2) is 4.81. The van der Waals surface area contributed by atoms with Crippen molar-refractivity contribution in [1.29, 1.82) is 0 Å². The van der Waals surface area contributed by atoms with Crippen LogP contribution in [0.1, 0.15) is 0 Å². The molecule has 0 aliphatic heterocycles. The van der Waals surface area contributed by atoms with E-state index in [-0.39, 0.29) is 11.6 Å². The van der Waals surface area contributed by atoms with Crippen LogP contribution in [0.3, 0.4) is 0 Å². The molecule has 1 aromatic heterocycles. The molecule has 19 heavy (non-hydrogen) atoms. The van der Waals surface area contributed by atoms with Gasteiger partial charge in [0, 0.05) is 5.56 Å². The molecule has 96 valence electrons. The van der Waals surface area contributed by atoms with Crippen molar-refractivity contribution in [2.45, 2.75) is 6.73 Å². The van der Waals surface area contributed by atoms with Gasteiger partial charge in [0.1, 0.15) is 6.73 Å². The summed E-state index contributed by atoms with van der Waals surface area (Å²) in [7, 11) is 0. The third kappa shape index (κ3) is 2.08. The molecule has 1 N–H and O–H groups in total. The van der Waals surface area contributed by atoms with Crippen LogP contribution in [0.5, 0.6) is 0 Å². The molecule has 0 saturated heterocycles. The van der Waals surface area contributed by atoms with Crippen molar-refractivity contribution in [3.8, 4) is 11.1 Å². The number of hydrogen-bond donors (Lipinski definition) is 1. The number of oxazole rings is 1. The van der Waals surface area contributed by atoms with Gasteiger partial charge >= 0.3 is 0 Å². The first-order chi connectivity index (χ1) is 9.20. The molecule has 0 spiro atoms. The molecule has 1 heterocycles. The molecular weight excluding hydrogens is 282 g/mol. The van der Waals surface area contributed by atoms with Gasteiger partial charge in [-0.05, 0) is 29.9 Å². The van der Waals surface area contributed by atoms with E-state index in [1.807, 2.05) is 36.4 Å². The minimum Gasteiger partial charge on any atom is -0.429 e. The molecule has 2 aromatic carbocycles. The van der Waals surface area contributed by atoms with Crippen molar-refractivity contribution in [1.82, 2.24) is 4.57 Å². The Labute approximate surface area is 119 Å². The van der Waals surface area contributed by atoms with Crippen LogP contribution < -0.4 is 0 Å². The number of rotatable bonds is 2. The minimum absolute atomic E-state index is 0.229. The van der Waals surface area contributed by atoms with Gasteiger partial charge in [0.2, 0.25) is 0 Å². The lowest BCUT2D eigenvalue weighted by molar-refractivity contribution is 0.208. The summed E-state index contributed by atoms with van der Waals surface area (Å²) >= 11 is 11.4. The van der Waals surface area contributed by atoms with E-state index in [9.17, 15) is 5.11 Å². The summed E-state index contributed by atoms with van der Waals surface area (Å²) in [6.07, 6.45) is 0. The molecule has 3 aromatic rings. The predicted molar refractivity (Wildman–Crippen MR) is 77.7 cm³/mol. The summed E-state index contributed by atoms with van der Waals surface area (Å²) in [5, 5.41) is 9.87. The maximum Gasteiger partial charge on any atom is 0.271 e. The number of fused-ring (bicyclic) bond motifs is 1. The monoisotopic (exact) mass is 291 g/mol. The van der Waals surface area contributed by atoms with E-state index in [0.717, 1.165) is 11.1 Å². The first kappa shape index (κ1) is 12.4. The molecule has 0 bridgehead atoms. The van der Waals surface area contributed by atoms with Gasteiger partial charge in [0.25, 0.3) is 4.84 Å². The van der Waals surface area contributed by atoms with Gasteiger partial charge in [0.05, 0.1) is 10.5 Å². The summed E-state index contributed by atoms with van der Waals surface area (Å²) < 4.78 is 6.96. The average molecular weight is 292 g/mol. The Morgan fingerprint density at radius 3 is 2.63 bits per heavy atom. The zero-order valence-electron chi connectivity index (χ0n) is 9.84. The summed E-state index contributed by atoms with van der Waals surface area (Å²) in [5.41, 5.74) is 3.19. The van der Waals surface area contributed by atoms with E-state index < -0.39 is 0 Å². The average Bonchev–Trinajstić information content (AvgIpc) is 2.73. The summed E-state index contributed by atoms with van der Waals surface area (Å²) in [4.78, 5) is 0.235. The molecule has 0 radical (unpaired) electrons. The quantitative estimate of drug-likeness (QED) is 0.718. The standard InChI is InChI=1S/C14H10ClNO2S/c15-11-7-12-13(18-14(19)16(12)8-17)6-10(11)9-4-2-1-3-5-9/h1-7,17H,8H2. The fraction of sp³-hybridized carbons (Fsp3) is 0.0714. The third-order valence-electron chi connectivity index (χ3n) is 2.98. The van der Waals surface area contributed by atoms with E-state index in [1.54, 1.807) is 6.07 Å². The minimum atomic E-state index is -0.229. The van der Waals surface area contributed by atoms with Crippen molar-refractivity contribution >= 4 is 34.9 Å². The van der Waals surface area contributed by atoms with E-state index in [1.165, 1.54) is 4.57 Å². The molecule has 0 aliphatic rings. The Kier molecular flexibility index (Phi) is 3.14.